The molecule has 6 nitrogen and oxygen atoms in total. The lowest BCUT2D eigenvalue weighted by molar-refractivity contribution is -0.132. The number of amides is 1. The molecule has 284 valence electrons. The standard InChI is InChI=1S/C42H81NO5/c1-3-5-7-9-11-13-15-17-19-20-22-23-25-27-29-31-33-35-39(45)41(47)38(37-44)43-42(48)40(46)36-34-32-30-28-26-24-21-18-16-14-12-10-8-6-4-2/h21,24,27,29,38-41,44-47H,3-20,22-23,25-26,28,30-37H2,1-2H3,(H,43,48)/b24-21-,29-27+. The van der Waals surface area contributed by atoms with Crippen molar-refractivity contribution in [1.82, 2.24) is 5.32 Å². The minimum Gasteiger partial charge on any atom is -0.394 e. The van der Waals surface area contributed by atoms with Crippen molar-refractivity contribution >= 4 is 5.91 Å². The number of hydrogen-bond acceptors (Lipinski definition) is 5. The molecule has 1 amide bonds. The van der Waals surface area contributed by atoms with E-state index < -0.39 is 36.9 Å². The molecule has 0 bridgehead atoms. The Morgan fingerprint density at radius 1 is 0.500 bits per heavy atom. The van der Waals surface area contributed by atoms with E-state index in [0.717, 1.165) is 51.4 Å². The first-order valence-electron chi connectivity index (χ1n) is 20.7. The van der Waals surface area contributed by atoms with Crippen LogP contribution in [-0.2, 0) is 4.79 Å². The van der Waals surface area contributed by atoms with Gasteiger partial charge in [-0.1, -0.05) is 167 Å². The molecule has 6 heteroatoms. The summed E-state index contributed by atoms with van der Waals surface area (Å²) in [5, 5.41) is 43.5. The fraction of sp³-hybridized carbons (Fsp3) is 0.881. The van der Waals surface area contributed by atoms with Gasteiger partial charge in [0.25, 0.3) is 0 Å². The Morgan fingerprint density at radius 3 is 1.25 bits per heavy atom. The van der Waals surface area contributed by atoms with Crippen LogP contribution in [0.3, 0.4) is 0 Å². The normalized spacial score (nSPS) is 14.5. The predicted octanol–water partition coefficient (Wildman–Crippen LogP) is 10.4. The summed E-state index contributed by atoms with van der Waals surface area (Å²) in [6, 6.07) is -1.00. The number of hydrogen-bond donors (Lipinski definition) is 5. The highest BCUT2D eigenvalue weighted by Crippen LogP contribution is 2.15. The SMILES string of the molecule is CCCCCCCCC/C=C\CCCCCCC(O)C(=O)NC(CO)C(O)C(O)CCC/C=C/CCCCCCCCCCCCCC. The summed E-state index contributed by atoms with van der Waals surface area (Å²) in [7, 11) is 0. The van der Waals surface area contributed by atoms with E-state index >= 15 is 0 Å². The molecule has 0 aliphatic heterocycles. The number of unbranched alkanes of at least 4 members (excludes halogenated alkanes) is 24. The molecule has 0 spiro atoms. The zero-order valence-corrected chi connectivity index (χ0v) is 31.7. The van der Waals surface area contributed by atoms with Gasteiger partial charge in [-0.15, -0.1) is 0 Å². The molecule has 0 rings (SSSR count). The van der Waals surface area contributed by atoms with Gasteiger partial charge in [0, 0.05) is 0 Å². The van der Waals surface area contributed by atoms with Crippen LogP contribution in [0.5, 0.6) is 0 Å². The van der Waals surface area contributed by atoms with Gasteiger partial charge in [0.2, 0.25) is 5.91 Å². The summed E-state index contributed by atoms with van der Waals surface area (Å²) in [6.45, 7) is 4.02. The largest absolute Gasteiger partial charge is 0.394 e. The second-order valence-electron chi connectivity index (χ2n) is 14.3. The average Bonchev–Trinajstić information content (AvgIpc) is 3.09. The summed E-state index contributed by atoms with van der Waals surface area (Å²) in [6.07, 6.45) is 40.6. The Kier molecular flexibility index (Phi) is 36.1. The van der Waals surface area contributed by atoms with Crippen molar-refractivity contribution in [3.8, 4) is 0 Å². The number of aliphatic hydroxyl groups excluding tert-OH is 4. The van der Waals surface area contributed by atoms with E-state index in [1.54, 1.807) is 0 Å². The maximum absolute atomic E-state index is 12.5. The molecule has 5 N–H and O–H groups in total. The average molecular weight is 680 g/mol. The van der Waals surface area contributed by atoms with E-state index in [9.17, 15) is 25.2 Å². The van der Waals surface area contributed by atoms with Crippen LogP contribution in [0.2, 0.25) is 0 Å². The topological polar surface area (TPSA) is 110 Å². The quantitative estimate of drug-likeness (QED) is 0.0332. The summed E-state index contributed by atoms with van der Waals surface area (Å²) >= 11 is 0. The minimum atomic E-state index is -1.28. The Labute approximate surface area is 297 Å². The highest BCUT2D eigenvalue weighted by molar-refractivity contribution is 5.80. The van der Waals surface area contributed by atoms with Crippen LogP contribution < -0.4 is 5.32 Å². The van der Waals surface area contributed by atoms with Crippen LogP contribution in [0, 0.1) is 0 Å². The first-order chi connectivity index (χ1) is 23.5. The van der Waals surface area contributed by atoms with Gasteiger partial charge < -0.3 is 25.7 Å². The zero-order valence-electron chi connectivity index (χ0n) is 31.7. The molecule has 0 saturated heterocycles. The summed E-state index contributed by atoms with van der Waals surface area (Å²) in [4.78, 5) is 12.5. The van der Waals surface area contributed by atoms with Crippen molar-refractivity contribution < 1.29 is 25.2 Å². The van der Waals surface area contributed by atoms with Gasteiger partial charge in [0.05, 0.1) is 18.8 Å². The molecule has 0 aromatic heterocycles. The van der Waals surface area contributed by atoms with Gasteiger partial charge in [-0.25, -0.2) is 0 Å². The van der Waals surface area contributed by atoms with Gasteiger partial charge in [0.1, 0.15) is 12.2 Å². The Morgan fingerprint density at radius 2 is 0.854 bits per heavy atom. The first-order valence-corrected chi connectivity index (χ1v) is 20.7. The number of carbonyl (C=O) groups is 1. The molecular formula is C42H81NO5. The van der Waals surface area contributed by atoms with Crippen molar-refractivity contribution in [2.24, 2.45) is 0 Å². The van der Waals surface area contributed by atoms with Crippen molar-refractivity contribution in [2.75, 3.05) is 6.61 Å². The van der Waals surface area contributed by atoms with Crippen molar-refractivity contribution in [3.05, 3.63) is 24.3 Å². The Hall–Kier alpha value is -1.21. The molecule has 0 aliphatic rings. The van der Waals surface area contributed by atoms with Gasteiger partial charge in [-0.2, -0.15) is 0 Å². The summed E-state index contributed by atoms with van der Waals surface area (Å²) in [5.41, 5.74) is 0. The third-order valence-electron chi connectivity index (χ3n) is 9.63. The molecule has 0 aromatic rings. The maximum atomic E-state index is 12.5. The molecular weight excluding hydrogens is 598 g/mol. The van der Waals surface area contributed by atoms with Crippen LogP contribution in [0.1, 0.15) is 206 Å². The monoisotopic (exact) mass is 680 g/mol. The van der Waals surface area contributed by atoms with Gasteiger partial charge in [0.15, 0.2) is 0 Å². The first kappa shape index (κ1) is 46.8. The highest BCUT2D eigenvalue weighted by Gasteiger charge is 2.28. The number of nitrogens with one attached hydrogen (secondary N) is 1. The fourth-order valence-electron chi connectivity index (χ4n) is 6.28. The van der Waals surface area contributed by atoms with Crippen molar-refractivity contribution in [1.29, 1.82) is 0 Å². The van der Waals surface area contributed by atoms with Gasteiger partial charge in [-0.3, -0.25) is 4.79 Å². The van der Waals surface area contributed by atoms with Crippen molar-refractivity contribution in [2.45, 2.75) is 231 Å². The minimum absolute atomic E-state index is 0.350. The van der Waals surface area contributed by atoms with Gasteiger partial charge in [-0.05, 0) is 64.2 Å². The lowest BCUT2D eigenvalue weighted by Gasteiger charge is -2.27. The predicted molar refractivity (Wildman–Crippen MR) is 205 cm³/mol. The lowest BCUT2D eigenvalue weighted by atomic mass is 10.00. The lowest BCUT2D eigenvalue weighted by Crippen LogP contribution is -2.53. The van der Waals surface area contributed by atoms with E-state index in [4.69, 9.17) is 0 Å². The fourth-order valence-corrected chi connectivity index (χ4v) is 6.28. The Balaban J connectivity index is 3.83. The van der Waals surface area contributed by atoms with Crippen LogP contribution in [-0.4, -0.2) is 57.3 Å². The second kappa shape index (κ2) is 37.1. The summed E-state index contributed by atoms with van der Waals surface area (Å²) in [5.74, 6) is -0.602. The molecule has 4 unspecified atom stereocenters. The molecule has 48 heavy (non-hydrogen) atoms. The molecule has 0 heterocycles. The molecule has 0 radical (unpaired) electrons. The molecule has 0 fully saturated rings. The number of aliphatic hydroxyl groups is 4. The maximum Gasteiger partial charge on any atom is 0.249 e. The third kappa shape index (κ3) is 30.8. The summed E-state index contributed by atoms with van der Waals surface area (Å²) < 4.78 is 0. The van der Waals surface area contributed by atoms with Crippen LogP contribution in [0.25, 0.3) is 0 Å². The Bertz CT molecular complexity index is 727. The van der Waals surface area contributed by atoms with Gasteiger partial charge >= 0.3 is 0 Å². The van der Waals surface area contributed by atoms with Crippen molar-refractivity contribution in [3.63, 3.8) is 0 Å². The second-order valence-corrected chi connectivity index (χ2v) is 14.3. The highest BCUT2D eigenvalue weighted by atomic mass is 16.3. The third-order valence-corrected chi connectivity index (χ3v) is 9.63. The molecule has 4 atom stereocenters. The zero-order chi connectivity index (χ0) is 35.3. The van der Waals surface area contributed by atoms with E-state index in [0.29, 0.717) is 12.8 Å². The molecule has 0 aliphatic carbocycles. The van der Waals surface area contributed by atoms with Crippen LogP contribution in [0.4, 0.5) is 0 Å². The molecule has 0 aromatic carbocycles. The number of rotatable bonds is 37. The van der Waals surface area contributed by atoms with Crippen LogP contribution >= 0.6 is 0 Å². The number of carbonyl (C=O) groups excluding carboxylic acids is 1. The van der Waals surface area contributed by atoms with E-state index in [1.165, 1.54) is 128 Å². The van der Waals surface area contributed by atoms with E-state index in [2.05, 4.69) is 43.5 Å². The smallest absolute Gasteiger partial charge is 0.249 e. The number of allylic oxidation sites excluding steroid dienone is 4. The van der Waals surface area contributed by atoms with E-state index in [1.807, 2.05) is 0 Å². The van der Waals surface area contributed by atoms with E-state index in [-0.39, 0.29) is 0 Å². The van der Waals surface area contributed by atoms with Crippen LogP contribution in [0.15, 0.2) is 24.3 Å². The molecule has 0 saturated carbocycles.